The molecule has 2 aromatic rings. The summed E-state index contributed by atoms with van der Waals surface area (Å²) in [6.45, 7) is 0.261. The molecular weight excluding hydrogens is 296 g/mol. The van der Waals surface area contributed by atoms with Gasteiger partial charge in [0.2, 0.25) is 10.0 Å². The molecule has 2 rings (SSSR count). The quantitative estimate of drug-likeness (QED) is 0.877. The lowest BCUT2D eigenvalue weighted by Gasteiger charge is -2.16. The van der Waals surface area contributed by atoms with Crippen LogP contribution in [0, 0.1) is 0 Å². The summed E-state index contributed by atoms with van der Waals surface area (Å²) in [6.07, 6.45) is 4.02. The van der Waals surface area contributed by atoms with Crippen molar-refractivity contribution in [3.63, 3.8) is 0 Å². The van der Waals surface area contributed by atoms with Crippen molar-refractivity contribution in [1.29, 1.82) is 0 Å². The zero-order valence-electron chi connectivity index (χ0n) is 11.1. The summed E-state index contributed by atoms with van der Waals surface area (Å²) >= 11 is 1.24. The summed E-state index contributed by atoms with van der Waals surface area (Å²) in [6, 6.07) is 5.26. The van der Waals surface area contributed by atoms with Crippen LogP contribution in [0.4, 0.5) is 0 Å². The third-order valence-corrected chi connectivity index (χ3v) is 5.86. The first kappa shape index (κ1) is 15.1. The Morgan fingerprint density at radius 1 is 1.35 bits per heavy atom. The van der Waals surface area contributed by atoms with Crippen LogP contribution in [0.5, 0.6) is 0 Å². The number of hydrogen-bond donors (Lipinski definition) is 1. The highest BCUT2D eigenvalue weighted by Crippen LogP contribution is 2.22. The number of aliphatic hydroxyl groups excluding tert-OH is 1. The summed E-state index contributed by atoms with van der Waals surface area (Å²) in [5.74, 6) is 0. The fourth-order valence-electron chi connectivity index (χ4n) is 1.71. The van der Waals surface area contributed by atoms with E-state index in [-0.39, 0.29) is 11.5 Å². The van der Waals surface area contributed by atoms with Gasteiger partial charge in [-0.05, 0) is 30.2 Å². The average molecular weight is 312 g/mol. The zero-order valence-corrected chi connectivity index (χ0v) is 12.7. The first-order valence-corrected chi connectivity index (χ1v) is 8.39. The van der Waals surface area contributed by atoms with E-state index in [9.17, 15) is 8.42 Å². The van der Waals surface area contributed by atoms with Crippen LogP contribution in [-0.2, 0) is 23.1 Å². The Morgan fingerprint density at radius 3 is 2.65 bits per heavy atom. The van der Waals surface area contributed by atoms with Gasteiger partial charge in [0, 0.05) is 36.2 Å². The van der Waals surface area contributed by atoms with E-state index < -0.39 is 10.0 Å². The van der Waals surface area contributed by atoms with Gasteiger partial charge in [-0.3, -0.25) is 4.98 Å². The fourth-order valence-corrected chi connectivity index (χ4v) is 4.01. The number of likely N-dealkylation sites (N-methyl/N-ethyl adjacent to an activating group) is 1. The molecule has 2 heterocycles. The van der Waals surface area contributed by atoms with Crippen LogP contribution >= 0.6 is 11.3 Å². The number of aliphatic hydroxyl groups is 1. The number of sulfonamides is 1. The van der Waals surface area contributed by atoms with Gasteiger partial charge < -0.3 is 5.11 Å². The van der Waals surface area contributed by atoms with Gasteiger partial charge in [0.05, 0.1) is 11.5 Å². The van der Waals surface area contributed by atoms with E-state index >= 15 is 0 Å². The van der Waals surface area contributed by atoms with Crippen LogP contribution in [0.15, 0.2) is 40.9 Å². The van der Waals surface area contributed by atoms with Crippen molar-refractivity contribution in [2.45, 2.75) is 17.9 Å². The van der Waals surface area contributed by atoms with Crippen molar-refractivity contribution >= 4 is 21.4 Å². The molecule has 0 bridgehead atoms. The molecule has 0 aliphatic carbocycles. The van der Waals surface area contributed by atoms with Crippen LogP contribution in [-0.4, -0.2) is 36.4 Å². The molecule has 108 valence electrons. The molecule has 0 aliphatic rings. The van der Waals surface area contributed by atoms with Crippen molar-refractivity contribution in [3.05, 3.63) is 46.4 Å². The molecule has 7 heteroatoms. The third-order valence-electron chi connectivity index (χ3n) is 2.96. The maximum Gasteiger partial charge on any atom is 0.243 e. The number of pyridine rings is 1. The normalized spacial score (nSPS) is 11.9. The molecule has 0 saturated heterocycles. The topological polar surface area (TPSA) is 70.5 Å². The van der Waals surface area contributed by atoms with Crippen molar-refractivity contribution in [2.24, 2.45) is 0 Å². The molecule has 0 aromatic carbocycles. The summed E-state index contributed by atoms with van der Waals surface area (Å²) in [4.78, 5) is 4.81. The van der Waals surface area contributed by atoms with Crippen LogP contribution in [0.2, 0.25) is 0 Å². The molecule has 0 aliphatic heterocycles. The number of rotatable bonds is 6. The summed E-state index contributed by atoms with van der Waals surface area (Å²) in [5, 5.41) is 10.6. The van der Waals surface area contributed by atoms with Crippen LogP contribution in [0.25, 0.3) is 0 Å². The zero-order chi connectivity index (χ0) is 14.6. The molecule has 0 unspecified atom stereocenters. The van der Waals surface area contributed by atoms with E-state index in [4.69, 9.17) is 5.11 Å². The van der Waals surface area contributed by atoms with Crippen molar-refractivity contribution in [2.75, 3.05) is 13.6 Å². The number of hydrogen-bond acceptors (Lipinski definition) is 5. The maximum atomic E-state index is 12.3. The first-order valence-electron chi connectivity index (χ1n) is 6.07. The van der Waals surface area contributed by atoms with Gasteiger partial charge in [-0.15, -0.1) is 11.3 Å². The molecule has 0 radical (unpaired) electrons. The predicted octanol–water partition coefficient (Wildman–Crippen LogP) is 1.50. The third kappa shape index (κ3) is 3.43. The van der Waals surface area contributed by atoms with E-state index in [2.05, 4.69) is 4.98 Å². The molecular formula is C13H16N2O3S2. The Hall–Kier alpha value is -1.28. The second-order valence-electron chi connectivity index (χ2n) is 4.34. The highest BCUT2D eigenvalue weighted by atomic mass is 32.2. The van der Waals surface area contributed by atoms with Gasteiger partial charge in [0.15, 0.2) is 0 Å². The monoisotopic (exact) mass is 312 g/mol. The van der Waals surface area contributed by atoms with Crippen LogP contribution in [0.3, 0.4) is 0 Å². The number of nitrogens with zero attached hydrogens (tertiary/aromatic N) is 2. The molecule has 0 fully saturated rings. The minimum absolute atomic E-state index is 0.138. The summed E-state index contributed by atoms with van der Waals surface area (Å²) in [5.41, 5.74) is 1.04. The van der Waals surface area contributed by atoms with Gasteiger partial charge in [0.25, 0.3) is 0 Å². The lowest BCUT2D eigenvalue weighted by atomic mass is 10.2. The van der Waals surface area contributed by atoms with Crippen LogP contribution in [0.1, 0.15) is 10.4 Å². The molecule has 0 saturated carbocycles. The molecule has 2 aromatic heterocycles. The summed E-state index contributed by atoms with van der Waals surface area (Å²) < 4.78 is 26.0. The minimum atomic E-state index is -3.48. The van der Waals surface area contributed by atoms with Crippen molar-refractivity contribution in [1.82, 2.24) is 9.29 Å². The van der Waals surface area contributed by atoms with Gasteiger partial charge in [-0.1, -0.05) is 0 Å². The molecule has 0 amide bonds. The maximum absolute atomic E-state index is 12.3. The largest absolute Gasteiger partial charge is 0.391 e. The smallest absolute Gasteiger partial charge is 0.243 e. The Kier molecular flexibility index (Phi) is 4.87. The van der Waals surface area contributed by atoms with Gasteiger partial charge in [0.1, 0.15) is 0 Å². The Balaban J connectivity index is 2.05. The Labute approximate surface area is 122 Å². The Morgan fingerprint density at radius 2 is 2.05 bits per heavy atom. The minimum Gasteiger partial charge on any atom is -0.391 e. The predicted molar refractivity (Wildman–Crippen MR) is 78.0 cm³/mol. The lowest BCUT2D eigenvalue weighted by Crippen LogP contribution is -2.28. The summed E-state index contributed by atoms with van der Waals surface area (Å²) in [7, 11) is -1.92. The second-order valence-corrected chi connectivity index (χ2v) is 7.38. The van der Waals surface area contributed by atoms with E-state index in [0.717, 1.165) is 5.56 Å². The lowest BCUT2D eigenvalue weighted by molar-refractivity contribution is 0.285. The molecule has 5 nitrogen and oxygen atoms in total. The number of thiophene rings is 1. The van der Waals surface area contributed by atoms with Crippen LogP contribution < -0.4 is 0 Å². The molecule has 0 spiro atoms. The Bertz CT molecular complexity index is 653. The molecule has 20 heavy (non-hydrogen) atoms. The van der Waals surface area contributed by atoms with E-state index in [0.29, 0.717) is 17.8 Å². The van der Waals surface area contributed by atoms with E-state index in [1.54, 1.807) is 24.8 Å². The van der Waals surface area contributed by atoms with Crippen molar-refractivity contribution < 1.29 is 13.5 Å². The first-order chi connectivity index (χ1) is 9.54. The van der Waals surface area contributed by atoms with Gasteiger partial charge >= 0.3 is 0 Å². The SMILES string of the molecule is CN(CCc1ccncc1)S(=O)(=O)c1csc(CO)c1. The highest BCUT2D eigenvalue weighted by Gasteiger charge is 2.21. The molecule has 1 N–H and O–H groups in total. The standard InChI is InChI=1S/C13H16N2O3S2/c1-15(7-4-11-2-5-14-6-3-11)20(17,18)13-8-12(9-16)19-10-13/h2-3,5-6,8,10,16H,4,7,9H2,1H3. The second kappa shape index (κ2) is 6.45. The molecule has 0 atom stereocenters. The van der Waals surface area contributed by atoms with Gasteiger partial charge in [-0.25, -0.2) is 12.7 Å². The van der Waals surface area contributed by atoms with Crippen molar-refractivity contribution in [3.8, 4) is 0 Å². The van der Waals surface area contributed by atoms with E-state index in [1.165, 1.54) is 21.7 Å². The van der Waals surface area contributed by atoms with Gasteiger partial charge in [-0.2, -0.15) is 0 Å². The highest BCUT2D eigenvalue weighted by molar-refractivity contribution is 7.89. The fraction of sp³-hybridized carbons (Fsp3) is 0.308. The van der Waals surface area contributed by atoms with E-state index in [1.807, 2.05) is 12.1 Å². The number of aromatic nitrogens is 1. The average Bonchev–Trinajstić information content (AvgIpc) is 2.95.